The van der Waals surface area contributed by atoms with Gasteiger partial charge in [-0.25, -0.2) is 5.43 Å². The van der Waals surface area contributed by atoms with Crippen LogP contribution in [-0.2, 0) is 9.53 Å². The second kappa shape index (κ2) is 6.10. The predicted molar refractivity (Wildman–Crippen MR) is 68.8 cm³/mol. The molecule has 4 unspecified atom stereocenters. The van der Waals surface area contributed by atoms with Crippen molar-refractivity contribution in [1.82, 2.24) is 15.8 Å². The van der Waals surface area contributed by atoms with E-state index in [2.05, 4.69) is 15.8 Å². The minimum atomic E-state index is -0.704. The lowest BCUT2D eigenvalue weighted by molar-refractivity contribution is -0.141. The van der Waals surface area contributed by atoms with Gasteiger partial charge in [0.2, 0.25) is 0 Å². The second-order valence-corrected chi connectivity index (χ2v) is 4.77. The highest BCUT2D eigenvalue weighted by Crippen LogP contribution is 2.34. The number of rotatable bonds is 4. The maximum absolute atomic E-state index is 11.6. The van der Waals surface area contributed by atoms with Crippen LogP contribution in [0.4, 0.5) is 0 Å². The van der Waals surface area contributed by atoms with E-state index in [0.717, 1.165) is 5.56 Å². The van der Waals surface area contributed by atoms with Crippen LogP contribution >= 0.6 is 0 Å². The number of esters is 1. The summed E-state index contributed by atoms with van der Waals surface area (Å²) in [7, 11) is 1.37. The molecule has 1 aliphatic rings. The van der Waals surface area contributed by atoms with Gasteiger partial charge in [0.05, 0.1) is 13.5 Å². The first-order valence-electron chi connectivity index (χ1n) is 6.29. The normalized spacial score (nSPS) is 28.1. The summed E-state index contributed by atoms with van der Waals surface area (Å²) >= 11 is 0. The Hall–Kier alpha value is -1.50. The molecule has 19 heavy (non-hydrogen) atoms. The van der Waals surface area contributed by atoms with Gasteiger partial charge in [-0.05, 0) is 18.6 Å². The number of aliphatic hydroxyl groups excluding tert-OH is 1. The fourth-order valence-corrected chi connectivity index (χ4v) is 2.59. The van der Waals surface area contributed by atoms with Crippen molar-refractivity contribution in [2.75, 3.05) is 7.11 Å². The van der Waals surface area contributed by atoms with Crippen LogP contribution in [0.25, 0.3) is 0 Å². The van der Waals surface area contributed by atoms with E-state index in [1.165, 1.54) is 7.11 Å². The summed E-state index contributed by atoms with van der Waals surface area (Å²) in [6, 6.07) is 3.79. The monoisotopic (exact) mass is 265 g/mol. The molecule has 2 heterocycles. The molecule has 3 N–H and O–H groups in total. The van der Waals surface area contributed by atoms with Gasteiger partial charge in [-0.2, -0.15) is 0 Å². The summed E-state index contributed by atoms with van der Waals surface area (Å²) in [5, 5.41) is 10.0. The number of hydrogen-bond acceptors (Lipinski definition) is 6. The van der Waals surface area contributed by atoms with Gasteiger partial charge in [0.15, 0.2) is 0 Å². The fraction of sp³-hybridized carbons (Fsp3) is 0.538. The first-order valence-corrected chi connectivity index (χ1v) is 6.29. The Morgan fingerprint density at radius 3 is 2.89 bits per heavy atom. The highest BCUT2D eigenvalue weighted by molar-refractivity contribution is 5.70. The topological polar surface area (TPSA) is 83.5 Å². The van der Waals surface area contributed by atoms with Crippen LogP contribution in [0.15, 0.2) is 24.5 Å². The molecule has 0 radical (unpaired) electrons. The van der Waals surface area contributed by atoms with Gasteiger partial charge in [-0.1, -0.05) is 6.07 Å². The molecule has 0 amide bonds. The summed E-state index contributed by atoms with van der Waals surface area (Å²) in [5.74, 6) is -0.558. The van der Waals surface area contributed by atoms with E-state index in [0.29, 0.717) is 0 Å². The number of aliphatic hydroxyl groups is 1. The zero-order valence-electron chi connectivity index (χ0n) is 11.0. The fourth-order valence-electron chi connectivity index (χ4n) is 2.59. The maximum Gasteiger partial charge on any atom is 0.306 e. The van der Waals surface area contributed by atoms with Crippen molar-refractivity contribution in [2.45, 2.75) is 31.5 Å². The lowest BCUT2D eigenvalue weighted by Gasteiger charge is -2.27. The zero-order chi connectivity index (χ0) is 13.8. The summed E-state index contributed by atoms with van der Waals surface area (Å²) in [4.78, 5) is 15.7. The number of hydrogen-bond donors (Lipinski definition) is 3. The summed E-state index contributed by atoms with van der Waals surface area (Å²) < 4.78 is 4.75. The molecule has 104 valence electrons. The molecule has 0 spiro atoms. The second-order valence-electron chi connectivity index (χ2n) is 4.77. The van der Waals surface area contributed by atoms with Crippen LogP contribution in [0.1, 0.15) is 24.8 Å². The molecule has 0 saturated carbocycles. The van der Waals surface area contributed by atoms with E-state index in [1.54, 1.807) is 12.4 Å². The molecule has 1 aliphatic heterocycles. The molecule has 6 nitrogen and oxygen atoms in total. The van der Waals surface area contributed by atoms with Crippen LogP contribution in [0.2, 0.25) is 0 Å². The van der Waals surface area contributed by atoms with Crippen molar-refractivity contribution >= 4 is 5.97 Å². The summed E-state index contributed by atoms with van der Waals surface area (Å²) in [6.07, 6.45) is 2.93. The van der Waals surface area contributed by atoms with E-state index in [9.17, 15) is 9.90 Å². The van der Waals surface area contributed by atoms with Crippen LogP contribution in [0.5, 0.6) is 0 Å². The van der Waals surface area contributed by atoms with E-state index in [4.69, 9.17) is 4.74 Å². The number of carbonyl (C=O) groups is 1. The van der Waals surface area contributed by atoms with E-state index < -0.39 is 6.23 Å². The van der Waals surface area contributed by atoms with Gasteiger partial charge in [-0.3, -0.25) is 15.2 Å². The van der Waals surface area contributed by atoms with Crippen LogP contribution in [-0.4, -0.2) is 35.4 Å². The van der Waals surface area contributed by atoms with Crippen LogP contribution in [0, 0.1) is 5.92 Å². The molecule has 0 bridgehead atoms. The van der Waals surface area contributed by atoms with Crippen molar-refractivity contribution in [3.63, 3.8) is 0 Å². The van der Waals surface area contributed by atoms with Crippen molar-refractivity contribution in [2.24, 2.45) is 5.92 Å². The number of aromatic nitrogens is 1. The minimum Gasteiger partial charge on any atom is -0.469 e. The molecule has 0 aromatic carbocycles. The molecule has 1 fully saturated rings. The van der Waals surface area contributed by atoms with E-state index in [1.807, 2.05) is 19.1 Å². The van der Waals surface area contributed by atoms with Gasteiger partial charge >= 0.3 is 5.97 Å². The molecule has 0 aliphatic carbocycles. The highest BCUT2D eigenvalue weighted by atomic mass is 16.5. The third-order valence-corrected chi connectivity index (χ3v) is 3.59. The van der Waals surface area contributed by atoms with E-state index >= 15 is 0 Å². The average molecular weight is 265 g/mol. The number of carbonyl (C=O) groups excluding carboxylic acids is 1. The lowest BCUT2D eigenvalue weighted by Crippen LogP contribution is -2.33. The smallest absolute Gasteiger partial charge is 0.306 e. The Bertz CT molecular complexity index is 416. The summed E-state index contributed by atoms with van der Waals surface area (Å²) in [5.41, 5.74) is 6.71. The van der Waals surface area contributed by atoms with Gasteiger partial charge in [0.1, 0.15) is 6.23 Å². The Balaban J connectivity index is 2.26. The predicted octanol–water partition coefficient (Wildman–Crippen LogP) is 0.159. The molecule has 1 aromatic rings. The first-order chi connectivity index (χ1) is 9.13. The van der Waals surface area contributed by atoms with Gasteiger partial charge in [-0.15, -0.1) is 0 Å². The number of pyridine rings is 1. The summed E-state index contributed by atoms with van der Waals surface area (Å²) in [6.45, 7) is 1.97. The molecular weight excluding hydrogens is 246 g/mol. The Morgan fingerprint density at radius 2 is 2.37 bits per heavy atom. The zero-order valence-corrected chi connectivity index (χ0v) is 11.0. The van der Waals surface area contributed by atoms with Crippen molar-refractivity contribution in [1.29, 1.82) is 0 Å². The number of methoxy groups -OCH3 is 1. The van der Waals surface area contributed by atoms with E-state index in [-0.39, 0.29) is 30.3 Å². The molecule has 2 rings (SSSR count). The van der Waals surface area contributed by atoms with Crippen LogP contribution in [0.3, 0.4) is 0 Å². The number of nitrogens with one attached hydrogen (secondary N) is 2. The standard InChI is InChI=1S/C13H19N3O3/c1-8-12(13(18)16-15-8)10(6-11(17)19-2)9-4-3-5-14-7-9/h3-5,7-8,10,12-13,15-16,18H,6H2,1-2H3. The Morgan fingerprint density at radius 1 is 1.58 bits per heavy atom. The van der Waals surface area contributed by atoms with Crippen molar-refractivity contribution in [3.05, 3.63) is 30.1 Å². The third-order valence-electron chi connectivity index (χ3n) is 3.59. The lowest BCUT2D eigenvalue weighted by atomic mass is 9.80. The SMILES string of the molecule is COC(=O)CC(c1cccnc1)C1C(C)NNC1O. The first kappa shape index (κ1) is 13.9. The number of ether oxygens (including phenoxy) is 1. The molecule has 1 aromatic heterocycles. The average Bonchev–Trinajstić information content (AvgIpc) is 2.76. The van der Waals surface area contributed by atoms with Gasteiger partial charge in [0, 0.05) is 30.3 Å². The molecule has 6 heteroatoms. The van der Waals surface area contributed by atoms with Gasteiger partial charge in [0.25, 0.3) is 0 Å². The number of nitrogens with zero attached hydrogens (tertiary/aromatic N) is 1. The minimum absolute atomic E-state index is 0.0462. The van der Waals surface area contributed by atoms with Crippen LogP contribution < -0.4 is 10.9 Å². The van der Waals surface area contributed by atoms with Crippen molar-refractivity contribution < 1.29 is 14.6 Å². The maximum atomic E-state index is 11.6. The highest BCUT2D eigenvalue weighted by Gasteiger charge is 2.39. The quantitative estimate of drug-likeness (QED) is 0.673. The number of hydrazine groups is 1. The molecule has 1 saturated heterocycles. The molecule has 4 atom stereocenters. The third kappa shape index (κ3) is 3.09. The molecular formula is C13H19N3O3. The Labute approximate surface area is 112 Å². The largest absolute Gasteiger partial charge is 0.469 e. The van der Waals surface area contributed by atoms with Crippen molar-refractivity contribution in [3.8, 4) is 0 Å². The van der Waals surface area contributed by atoms with Gasteiger partial charge < -0.3 is 9.84 Å². The Kier molecular flexibility index (Phi) is 4.47.